The van der Waals surface area contributed by atoms with Crippen molar-refractivity contribution in [3.05, 3.63) is 81.5 Å². The van der Waals surface area contributed by atoms with E-state index in [1.54, 1.807) is 0 Å². The van der Waals surface area contributed by atoms with Crippen molar-refractivity contribution in [1.29, 1.82) is 0 Å². The lowest BCUT2D eigenvalue weighted by Crippen LogP contribution is -2.25. The number of nitrogens with zero attached hydrogens (tertiary/aromatic N) is 3. The van der Waals surface area contributed by atoms with Gasteiger partial charge in [-0.1, -0.05) is 59.8 Å². The van der Waals surface area contributed by atoms with Gasteiger partial charge in [-0.2, -0.15) is 0 Å². The van der Waals surface area contributed by atoms with Gasteiger partial charge < -0.3 is 5.73 Å². The number of aryl methyl sites for hydroxylation is 1. The summed E-state index contributed by atoms with van der Waals surface area (Å²) >= 11 is 7.64. The Balaban J connectivity index is 1.66. The van der Waals surface area contributed by atoms with Gasteiger partial charge in [0.1, 0.15) is 0 Å². The quantitative estimate of drug-likeness (QED) is 0.732. The maximum atomic E-state index is 6.40. The molecule has 2 heterocycles. The van der Waals surface area contributed by atoms with Crippen LogP contribution in [0.4, 0.5) is 0 Å². The summed E-state index contributed by atoms with van der Waals surface area (Å²) in [6.07, 6.45) is 0. The van der Waals surface area contributed by atoms with Gasteiger partial charge in [0.15, 0.2) is 5.82 Å². The Morgan fingerprint density at radius 2 is 1.96 bits per heavy atom. The zero-order chi connectivity index (χ0) is 17.4. The molecule has 1 aliphatic rings. The third kappa shape index (κ3) is 3.04. The zero-order valence-electron chi connectivity index (χ0n) is 13.5. The monoisotopic (exact) mass is 369 g/mol. The normalized spacial score (nSPS) is 14.4. The maximum Gasteiger partial charge on any atom is 0.214 e. The second kappa shape index (κ2) is 6.55. The Labute approximate surface area is 154 Å². The molecule has 1 aromatic heterocycles. The number of aromatic nitrogens is 3. The van der Waals surface area contributed by atoms with Crippen molar-refractivity contribution in [2.75, 3.05) is 5.43 Å². The summed E-state index contributed by atoms with van der Waals surface area (Å²) in [7, 11) is 0. The first-order valence-electron chi connectivity index (χ1n) is 7.79. The summed E-state index contributed by atoms with van der Waals surface area (Å²) in [5, 5.41) is 12.0. The van der Waals surface area contributed by atoms with Crippen LogP contribution in [0, 0.1) is 6.92 Å². The first kappa shape index (κ1) is 16.2. The highest BCUT2D eigenvalue weighted by Gasteiger charge is 2.23. The average molecular weight is 370 g/mol. The predicted octanol–water partition coefficient (Wildman–Crippen LogP) is 3.94. The molecule has 5 nitrogen and oxygen atoms in total. The highest BCUT2D eigenvalue weighted by molar-refractivity contribution is 8.02. The van der Waals surface area contributed by atoms with E-state index in [0.29, 0.717) is 5.82 Å². The fourth-order valence-electron chi connectivity index (χ4n) is 2.68. The van der Waals surface area contributed by atoms with Crippen LogP contribution < -0.4 is 11.2 Å². The van der Waals surface area contributed by atoms with Gasteiger partial charge in [-0.3, -0.25) is 5.43 Å². The minimum absolute atomic E-state index is 0.359. The van der Waals surface area contributed by atoms with E-state index < -0.39 is 0 Å². The van der Waals surface area contributed by atoms with Gasteiger partial charge in [-0.15, -0.1) is 10.2 Å². The van der Waals surface area contributed by atoms with Crippen LogP contribution in [0.15, 0.2) is 59.1 Å². The number of hydrogen-bond acceptors (Lipinski definition) is 5. The topological polar surface area (TPSA) is 68.8 Å². The lowest BCUT2D eigenvalue weighted by Gasteiger charge is -2.21. The Hall–Kier alpha value is -2.28. The van der Waals surface area contributed by atoms with E-state index in [1.165, 1.54) is 11.8 Å². The van der Waals surface area contributed by atoms with Crippen LogP contribution in [-0.2, 0) is 0 Å². The van der Waals surface area contributed by atoms with Crippen LogP contribution in [0.1, 0.15) is 28.6 Å². The molecule has 1 atom stereocenters. The Morgan fingerprint density at radius 3 is 2.72 bits per heavy atom. The summed E-state index contributed by atoms with van der Waals surface area (Å²) < 4.78 is 1.85. The molecular formula is C18H16ClN5S. The van der Waals surface area contributed by atoms with Crippen molar-refractivity contribution in [2.24, 2.45) is 5.73 Å². The van der Waals surface area contributed by atoms with Gasteiger partial charge in [0.25, 0.3) is 0 Å². The second-order valence-electron chi connectivity index (χ2n) is 5.79. The van der Waals surface area contributed by atoms with Gasteiger partial charge >= 0.3 is 0 Å². The molecule has 4 rings (SSSR count). The first-order chi connectivity index (χ1) is 12.1. The molecule has 25 heavy (non-hydrogen) atoms. The molecule has 0 aliphatic carbocycles. The SMILES string of the molecule is Cc1cc(C2=CSc3nnc([C@H](N)c4ccccc4)n3N2)ccc1Cl. The summed E-state index contributed by atoms with van der Waals surface area (Å²) in [5.41, 5.74) is 13.8. The van der Waals surface area contributed by atoms with E-state index in [1.807, 2.05) is 65.5 Å². The number of nitrogens with two attached hydrogens (primary N) is 1. The van der Waals surface area contributed by atoms with Crippen LogP contribution >= 0.6 is 23.4 Å². The fourth-order valence-corrected chi connectivity index (χ4v) is 3.54. The van der Waals surface area contributed by atoms with Crippen LogP contribution in [0.25, 0.3) is 5.70 Å². The Bertz CT molecular complexity index is 951. The lowest BCUT2D eigenvalue weighted by molar-refractivity contribution is 0.705. The molecule has 0 spiro atoms. The van der Waals surface area contributed by atoms with Crippen LogP contribution in [0.2, 0.25) is 5.02 Å². The average Bonchev–Trinajstić information content (AvgIpc) is 3.07. The third-order valence-corrected chi connectivity index (χ3v) is 5.33. The molecule has 0 fully saturated rings. The molecule has 0 saturated heterocycles. The number of benzene rings is 2. The Kier molecular flexibility index (Phi) is 4.25. The number of fused-ring (bicyclic) bond motifs is 1. The highest BCUT2D eigenvalue weighted by Crippen LogP contribution is 2.31. The van der Waals surface area contributed by atoms with Gasteiger partial charge in [-0.25, -0.2) is 4.68 Å². The van der Waals surface area contributed by atoms with Gasteiger partial charge in [0, 0.05) is 16.0 Å². The summed E-state index contributed by atoms with van der Waals surface area (Å²) in [5.74, 6) is 0.671. The smallest absolute Gasteiger partial charge is 0.214 e. The molecule has 7 heteroatoms. The molecule has 0 amide bonds. The van der Waals surface area contributed by atoms with Crippen LogP contribution in [0.5, 0.6) is 0 Å². The molecule has 0 radical (unpaired) electrons. The molecule has 3 N–H and O–H groups in total. The van der Waals surface area contributed by atoms with E-state index in [4.69, 9.17) is 17.3 Å². The van der Waals surface area contributed by atoms with Gasteiger partial charge in [-0.05, 0) is 30.2 Å². The highest BCUT2D eigenvalue weighted by atomic mass is 35.5. The van der Waals surface area contributed by atoms with Crippen LogP contribution in [-0.4, -0.2) is 14.9 Å². The number of halogens is 1. The lowest BCUT2D eigenvalue weighted by atomic mass is 10.1. The number of thioether (sulfide) groups is 1. The van der Waals surface area contributed by atoms with Crippen molar-refractivity contribution in [2.45, 2.75) is 18.1 Å². The van der Waals surface area contributed by atoms with E-state index in [0.717, 1.165) is 32.6 Å². The molecule has 3 aromatic rings. The van der Waals surface area contributed by atoms with Gasteiger partial charge in [0.2, 0.25) is 5.16 Å². The molecule has 0 bridgehead atoms. The van der Waals surface area contributed by atoms with E-state index in [-0.39, 0.29) is 6.04 Å². The van der Waals surface area contributed by atoms with E-state index in [2.05, 4.69) is 15.6 Å². The van der Waals surface area contributed by atoms with Crippen molar-refractivity contribution in [1.82, 2.24) is 14.9 Å². The maximum absolute atomic E-state index is 6.40. The fraction of sp³-hybridized carbons (Fsp3) is 0.111. The van der Waals surface area contributed by atoms with Crippen molar-refractivity contribution in [3.8, 4) is 0 Å². The minimum atomic E-state index is -0.359. The molecule has 126 valence electrons. The molecule has 2 aromatic carbocycles. The summed E-state index contributed by atoms with van der Waals surface area (Å²) in [6.45, 7) is 1.99. The standard InChI is InChI=1S/C18H16ClN5S/c1-11-9-13(7-8-14(11)19)15-10-25-18-22-21-17(24(18)23-15)16(20)12-5-3-2-4-6-12/h2-10,16,23H,20H2,1H3/t16-/m1/s1. The largest absolute Gasteiger partial charge is 0.318 e. The summed E-state index contributed by atoms with van der Waals surface area (Å²) in [4.78, 5) is 0. The zero-order valence-corrected chi connectivity index (χ0v) is 15.1. The van der Waals surface area contributed by atoms with Crippen molar-refractivity contribution in [3.63, 3.8) is 0 Å². The minimum Gasteiger partial charge on any atom is -0.318 e. The van der Waals surface area contributed by atoms with E-state index >= 15 is 0 Å². The first-order valence-corrected chi connectivity index (χ1v) is 9.05. The van der Waals surface area contributed by atoms with E-state index in [9.17, 15) is 0 Å². The summed E-state index contributed by atoms with van der Waals surface area (Å²) in [6, 6.07) is 15.4. The van der Waals surface area contributed by atoms with Crippen molar-refractivity contribution >= 4 is 29.1 Å². The van der Waals surface area contributed by atoms with Crippen molar-refractivity contribution < 1.29 is 0 Å². The Morgan fingerprint density at radius 1 is 1.16 bits per heavy atom. The molecule has 1 aliphatic heterocycles. The predicted molar refractivity (Wildman–Crippen MR) is 102 cm³/mol. The number of hydrogen-bond donors (Lipinski definition) is 2. The van der Waals surface area contributed by atoms with Crippen LogP contribution in [0.3, 0.4) is 0 Å². The second-order valence-corrected chi connectivity index (χ2v) is 7.03. The number of nitrogens with one attached hydrogen (secondary N) is 1. The molecule has 0 saturated carbocycles. The van der Waals surface area contributed by atoms with Gasteiger partial charge in [0.05, 0.1) is 11.7 Å². The molecule has 0 unspecified atom stereocenters. The third-order valence-electron chi connectivity index (χ3n) is 4.08. The molecular weight excluding hydrogens is 354 g/mol. The number of rotatable bonds is 3.